The Labute approximate surface area is 125 Å². The van der Waals surface area contributed by atoms with Crippen molar-refractivity contribution in [3.05, 3.63) is 56.6 Å². The number of benzene rings is 1. The highest BCUT2D eigenvalue weighted by molar-refractivity contribution is 7.01. The predicted octanol–water partition coefficient (Wildman–Crippen LogP) is 1.39. The van der Waals surface area contributed by atoms with Gasteiger partial charge in [0.05, 0.1) is 15.7 Å². The van der Waals surface area contributed by atoms with Crippen LogP contribution >= 0.6 is 11.5 Å². The van der Waals surface area contributed by atoms with Crippen molar-refractivity contribution in [2.75, 3.05) is 0 Å². The van der Waals surface area contributed by atoms with Gasteiger partial charge in [-0.05, 0) is 43.4 Å². The Morgan fingerprint density at radius 2 is 1.95 bits per heavy atom. The molecule has 0 saturated carbocycles. The first-order chi connectivity index (χ1) is 10.1. The van der Waals surface area contributed by atoms with Gasteiger partial charge in [-0.25, -0.2) is 0 Å². The van der Waals surface area contributed by atoms with E-state index in [9.17, 15) is 15.2 Å². The van der Waals surface area contributed by atoms with Gasteiger partial charge in [0, 0.05) is 26.9 Å². The third-order valence-corrected chi connectivity index (χ3v) is 4.50. The van der Waals surface area contributed by atoms with E-state index in [1.807, 2.05) is 6.20 Å². The molecule has 1 heterocycles. The van der Waals surface area contributed by atoms with Gasteiger partial charge in [-0.1, -0.05) is 0 Å². The van der Waals surface area contributed by atoms with Crippen LogP contribution in [0.5, 0.6) is 0 Å². The molecule has 0 radical (unpaired) electrons. The number of aromatic nitrogens is 1. The molecular formula is C14H13N3O3S. The number of non-ortho nitro benzene ring substituents is 1. The molecule has 1 aromatic heterocycles. The molecule has 0 bridgehead atoms. The lowest BCUT2D eigenvalue weighted by Crippen LogP contribution is -2.30. The number of hydrogen-bond acceptors (Lipinski definition) is 5. The lowest BCUT2D eigenvalue weighted by atomic mass is 10.0. The van der Waals surface area contributed by atoms with Gasteiger partial charge >= 0.3 is 0 Å². The van der Waals surface area contributed by atoms with Crippen LogP contribution in [0.4, 0.5) is 5.69 Å². The molecule has 1 aromatic carbocycles. The number of hydrogen-bond donors (Lipinski definition) is 0. The Balaban J connectivity index is 1.85. The first-order valence-electron chi connectivity index (χ1n) is 6.68. The molecule has 0 aliphatic heterocycles. The number of nitro benzene ring substituents is 1. The monoisotopic (exact) mass is 303 g/mol. The smallest absolute Gasteiger partial charge is 0.269 e. The van der Waals surface area contributed by atoms with E-state index in [2.05, 4.69) is 5.10 Å². The molecule has 3 rings (SSSR count). The Kier molecular flexibility index (Phi) is 3.66. The van der Waals surface area contributed by atoms with Gasteiger partial charge in [-0.15, -0.1) is 0 Å². The summed E-state index contributed by atoms with van der Waals surface area (Å²) in [6.07, 6.45) is 6.36. The molecule has 0 unspecified atom stereocenters. The van der Waals surface area contributed by atoms with E-state index in [1.165, 1.54) is 59.1 Å². The fraction of sp³-hybridized carbons (Fsp3) is 0.286. The molecule has 0 amide bonds. The SMILES string of the molecule is O=[N+]([O-])c1ccc(/C([O-])=N/[n+]2cc3c(s2)CCCC3)cc1. The van der Waals surface area contributed by atoms with Crippen molar-refractivity contribution in [1.29, 1.82) is 0 Å². The summed E-state index contributed by atoms with van der Waals surface area (Å²) in [6, 6.07) is 5.48. The number of fused-ring (bicyclic) bond motifs is 1. The molecule has 7 heteroatoms. The normalized spacial score (nSPS) is 14.8. The minimum Gasteiger partial charge on any atom is -0.854 e. The fourth-order valence-corrected chi connectivity index (χ4v) is 3.36. The zero-order chi connectivity index (χ0) is 14.8. The molecule has 21 heavy (non-hydrogen) atoms. The third kappa shape index (κ3) is 2.92. The molecule has 1 aliphatic rings. The van der Waals surface area contributed by atoms with Gasteiger partial charge in [0.25, 0.3) is 5.69 Å². The van der Waals surface area contributed by atoms with Gasteiger partial charge in [-0.3, -0.25) is 10.1 Å². The molecular weight excluding hydrogens is 290 g/mol. The Morgan fingerprint density at radius 1 is 1.24 bits per heavy atom. The molecule has 0 saturated heterocycles. The largest absolute Gasteiger partial charge is 0.854 e. The summed E-state index contributed by atoms with van der Waals surface area (Å²) in [5.74, 6) is -0.395. The van der Waals surface area contributed by atoms with Crippen molar-refractivity contribution < 1.29 is 14.1 Å². The van der Waals surface area contributed by atoms with E-state index in [1.54, 1.807) is 4.07 Å². The van der Waals surface area contributed by atoms with Crippen molar-refractivity contribution in [3.63, 3.8) is 0 Å². The van der Waals surface area contributed by atoms with Gasteiger partial charge in [0.15, 0.2) is 11.5 Å². The molecule has 0 spiro atoms. The predicted molar refractivity (Wildman–Crippen MR) is 76.2 cm³/mol. The molecule has 108 valence electrons. The van der Waals surface area contributed by atoms with Crippen molar-refractivity contribution in [3.8, 4) is 0 Å². The molecule has 0 atom stereocenters. The van der Waals surface area contributed by atoms with Crippen LogP contribution in [0.25, 0.3) is 0 Å². The van der Waals surface area contributed by atoms with Crippen molar-refractivity contribution >= 4 is 23.1 Å². The van der Waals surface area contributed by atoms with E-state index in [0.29, 0.717) is 5.56 Å². The van der Waals surface area contributed by atoms with Crippen LogP contribution in [0.15, 0.2) is 35.6 Å². The standard InChI is InChI=1S/C14H13N3O3S/c18-14(10-5-7-12(8-6-10)17(19)20)15-16-9-11-3-1-2-4-13(11)21-16/h5-9H,1-4H2. The van der Waals surface area contributed by atoms with E-state index in [-0.39, 0.29) is 5.69 Å². The second-order valence-electron chi connectivity index (χ2n) is 4.89. The summed E-state index contributed by atoms with van der Waals surface area (Å²) in [6.45, 7) is 0. The minimum absolute atomic E-state index is 0.0363. The maximum atomic E-state index is 12.1. The number of rotatable bonds is 3. The molecule has 2 aromatic rings. The van der Waals surface area contributed by atoms with E-state index >= 15 is 0 Å². The fourth-order valence-electron chi connectivity index (χ4n) is 2.34. The average molecular weight is 303 g/mol. The summed E-state index contributed by atoms with van der Waals surface area (Å²) in [5, 5.41) is 26.7. The van der Waals surface area contributed by atoms with Crippen molar-refractivity contribution in [1.82, 2.24) is 0 Å². The van der Waals surface area contributed by atoms with Crippen molar-refractivity contribution in [2.24, 2.45) is 5.10 Å². The van der Waals surface area contributed by atoms with Crippen LogP contribution in [0, 0.1) is 10.1 Å². The van der Waals surface area contributed by atoms with Crippen LogP contribution < -0.4 is 9.17 Å². The minimum atomic E-state index is -0.493. The van der Waals surface area contributed by atoms with Crippen LogP contribution in [0.2, 0.25) is 0 Å². The summed E-state index contributed by atoms with van der Waals surface area (Å²) >= 11 is 1.49. The van der Waals surface area contributed by atoms with Crippen LogP contribution in [0.3, 0.4) is 0 Å². The van der Waals surface area contributed by atoms with Gasteiger partial charge in [-0.2, -0.15) is 0 Å². The van der Waals surface area contributed by atoms with E-state index < -0.39 is 10.8 Å². The summed E-state index contributed by atoms with van der Waals surface area (Å²) in [7, 11) is 0. The highest BCUT2D eigenvalue weighted by atomic mass is 32.1. The topological polar surface area (TPSA) is 82.4 Å². The first-order valence-corrected chi connectivity index (χ1v) is 7.45. The second-order valence-corrected chi connectivity index (χ2v) is 5.94. The highest BCUT2D eigenvalue weighted by Gasteiger charge is 2.19. The summed E-state index contributed by atoms with van der Waals surface area (Å²) in [4.78, 5) is 11.4. The zero-order valence-electron chi connectivity index (χ0n) is 11.2. The van der Waals surface area contributed by atoms with Crippen LogP contribution in [0.1, 0.15) is 28.8 Å². The van der Waals surface area contributed by atoms with E-state index in [0.717, 1.165) is 12.8 Å². The lowest BCUT2D eigenvalue weighted by molar-refractivity contribution is -0.612. The summed E-state index contributed by atoms with van der Waals surface area (Å²) < 4.78 is 1.60. The number of aryl methyl sites for hydroxylation is 2. The maximum Gasteiger partial charge on any atom is 0.269 e. The van der Waals surface area contributed by atoms with E-state index in [4.69, 9.17) is 0 Å². The lowest BCUT2D eigenvalue weighted by Gasteiger charge is -2.05. The highest BCUT2D eigenvalue weighted by Crippen LogP contribution is 2.22. The van der Waals surface area contributed by atoms with Crippen LogP contribution in [-0.2, 0) is 12.8 Å². The average Bonchev–Trinajstić information content (AvgIpc) is 2.89. The molecule has 0 N–H and O–H groups in total. The van der Waals surface area contributed by atoms with Gasteiger partial charge in [0.1, 0.15) is 0 Å². The zero-order valence-corrected chi connectivity index (χ0v) is 12.0. The molecule has 1 aliphatic carbocycles. The maximum absolute atomic E-state index is 12.1. The summed E-state index contributed by atoms with van der Waals surface area (Å²) in [5.41, 5.74) is 1.58. The first kappa shape index (κ1) is 13.7. The Morgan fingerprint density at radius 3 is 2.62 bits per heavy atom. The number of nitrogens with zero attached hydrogens (tertiary/aromatic N) is 3. The van der Waals surface area contributed by atoms with Gasteiger partial charge < -0.3 is 5.11 Å². The van der Waals surface area contributed by atoms with Crippen molar-refractivity contribution in [2.45, 2.75) is 25.7 Å². The third-order valence-electron chi connectivity index (χ3n) is 3.44. The Hall–Kier alpha value is -2.28. The molecule has 6 nitrogen and oxygen atoms in total. The number of nitro groups is 1. The Bertz CT molecular complexity index is 683. The second kappa shape index (κ2) is 5.61. The van der Waals surface area contributed by atoms with Gasteiger partial charge in [0.2, 0.25) is 6.20 Å². The molecule has 0 fully saturated rings. The van der Waals surface area contributed by atoms with Crippen LogP contribution in [-0.4, -0.2) is 10.8 Å². The quantitative estimate of drug-likeness (QED) is 0.282.